The highest BCUT2D eigenvalue weighted by atomic mass is 19.1. The van der Waals surface area contributed by atoms with E-state index in [1.165, 1.54) is 6.07 Å². The maximum atomic E-state index is 13.0. The Morgan fingerprint density at radius 2 is 2.40 bits per heavy atom. The molecule has 0 radical (unpaired) electrons. The summed E-state index contributed by atoms with van der Waals surface area (Å²) in [5.74, 6) is -0.177. The van der Waals surface area contributed by atoms with Crippen LogP contribution >= 0.6 is 0 Å². The third-order valence-corrected chi connectivity index (χ3v) is 2.76. The van der Waals surface area contributed by atoms with Gasteiger partial charge in [0.2, 0.25) is 0 Å². The number of ether oxygens (including phenoxy) is 1. The van der Waals surface area contributed by atoms with Gasteiger partial charge >= 0.3 is 0 Å². The molecular weight excluding hydrogens is 193 g/mol. The maximum absolute atomic E-state index is 13.0. The molecule has 2 rings (SSSR count). The minimum absolute atomic E-state index is 0.174. The Hall–Kier alpha value is -0.930. The standard InChI is InChI=1S/C12H16FNO/c1-9(14-12-5-6-15-8-12)10-3-2-4-11(13)7-10/h2-4,7,9,12,14H,5-6,8H2,1H3/t9-,12?/m0/s1. The Kier molecular flexibility index (Phi) is 3.34. The predicted octanol–water partition coefficient (Wildman–Crippen LogP) is 2.27. The molecule has 1 fully saturated rings. The minimum Gasteiger partial charge on any atom is -0.380 e. The molecule has 0 saturated carbocycles. The van der Waals surface area contributed by atoms with Gasteiger partial charge in [0, 0.05) is 18.7 Å². The SMILES string of the molecule is C[C@H](NC1CCOC1)c1cccc(F)c1. The molecule has 15 heavy (non-hydrogen) atoms. The van der Waals surface area contributed by atoms with Gasteiger partial charge in [0.1, 0.15) is 5.82 Å². The number of hydrogen-bond acceptors (Lipinski definition) is 2. The third kappa shape index (κ3) is 2.76. The van der Waals surface area contributed by atoms with Crippen molar-refractivity contribution in [2.24, 2.45) is 0 Å². The van der Waals surface area contributed by atoms with Crippen molar-refractivity contribution in [1.82, 2.24) is 5.32 Å². The molecule has 2 atom stereocenters. The monoisotopic (exact) mass is 209 g/mol. The van der Waals surface area contributed by atoms with E-state index in [9.17, 15) is 4.39 Å². The van der Waals surface area contributed by atoms with Gasteiger partial charge < -0.3 is 10.1 Å². The van der Waals surface area contributed by atoms with E-state index in [1.54, 1.807) is 12.1 Å². The molecule has 0 aromatic heterocycles. The topological polar surface area (TPSA) is 21.3 Å². The molecule has 1 unspecified atom stereocenters. The molecular formula is C12H16FNO. The van der Waals surface area contributed by atoms with Crippen LogP contribution in [-0.2, 0) is 4.74 Å². The average Bonchev–Trinajstić information content (AvgIpc) is 2.70. The van der Waals surface area contributed by atoms with Crippen LogP contribution in [-0.4, -0.2) is 19.3 Å². The molecule has 1 aromatic carbocycles. The summed E-state index contributed by atoms with van der Waals surface area (Å²) in [5.41, 5.74) is 0.988. The first-order valence-corrected chi connectivity index (χ1v) is 5.35. The lowest BCUT2D eigenvalue weighted by Crippen LogP contribution is -2.31. The fourth-order valence-corrected chi connectivity index (χ4v) is 1.89. The Balaban J connectivity index is 1.97. The van der Waals surface area contributed by atoms with Crippen LogP contribution in [0.2, 0.25) is 0 Å². The lowest BCUT2D eigenvalue weighted by molar-refractivity contribution is 0.188. The van der Waals surface area contributed by atoms with Crippen molar-refractivity contribution in [3.8, 4) is 0 Å². The number of benzene rings is 1. The van der Waals surface area contributed by atoms with Crippen molar-refractivity contribution in [2.75, 3.05) is 13.2 Å². The molecule has 3 heteroatoms. The number of halogens is 1. The second-order valence-electron chi connectivity index (χ2n) is 4.00. The second kappa shape index (κ2) is 4.73. The van der Waals surface area contributed by atoms with Gasteiger partial charge in [-0.05, 0) is 31.0 Å². The molecule has 0 spiro atoms. The zero-order valence-electron chi connectivity index (χ0n) is 8.87. The summed E-state index contributed by atoms with van der Waals surface area (Å²) in [6, 6.07) is 7.31. The Labute approximate surface area is 89.4 Å². The summed E-state index contributed by atoms with van der Waals surface area (Å²) >= 11 is 0. The lowest BCUT2D eigenvalue weighted by atomic mass is 10.1. The smallest absolute Gasteiger partial charge is 0.123 e. The molecule has 0 aliphatic carbocycles. The zero-order chi connectivity index (χ0) is 10.7. The molecule has 1 aliphatic rings. The van der Waals surface area contributed by atoms with Crippen molar-refractivity contribution in [3.05, 3.63) is 35.6 Å². The highest BCUT2D eigenvalue weighted by Gasteiger charge is 2.18. The van der Waals surface area contributed by atoms with E-state index in [0.29, 0.717) is 6.04 Å². The van der Waals surface area contributed by atoms with Crippen LogP contribution in [0, 0.1) is 5.82 Å². The van der Waals surface area contributed by atoms with Crippen LogP contribution in [0.15, 0.2) is 24.3 Å². The fraction of sp³-hybridized carbons (Fsp3) is 0.500. The lowest BCUT2D eigenvalue weighted by Gasteiger charge is -2.18. The van der Waals surface area contributed by atoms with Gasteiger partial charge in [-0.3, -0.25) is 0 Å². The minimum atomic E-state index is -0.177. The molecule has 1 N–H and O–H groups in total. The molecule has 1 saturated heterocycles. The van der Waals surface area contributed by atoms with Crippen molar-refractivity contribution >= 4 is 0 Å². The van der Waals surface area contributed by atoms with Gasteiger partial charge in [-0.25, -0.2) is 4.39 Å². The Morgan fingerprint density at radius 1 is 1.53 bits per heavy atom. The third-order valence-electron chi connectivity index (χ3n) is 2.76. The van der Waals surface area contributed by atoms with Gasteiger partial charge in [0.15, 0.2) is 0 Å². The highest BCUT2D eigenvalue weighted by molar-refractivity contribution is 5.19. The molecule has 0 amide bonds. The summed E-state index contributed by atoms with van der Waals surface area (Å²) in [7, 11) is 0. The zero-order valence-corrected chi connectivity index (χ0v) is 8.87. The quantitative estimate of drug-likeness (QED) is 0.824. The molecule has 0 bridgehead atoms. The summed E-state index contributed by atoms with van der Waals surface area (Å²) in [6.45, 7) is 3.64. The summed E-state index contributed by atoms with van der Waals surface area (Å²) < 4.78 is 18.3. The second-order valence-corrected chi connectivity index (χ2v) is 4.00. The van der Waals surface area contributed by atoms with Gasteiger partial charge in [-0.2, -0.15) is 0 Å². The largest absolute Gasteiger partial charge is 0.380 e. The van der Waals surface area contributed by atoms with E-state index in [0.717, 1.165) is 25.2 Å². The Morgan fingerprint density at radius 3 is 3.07 bits per heavy atom. The van der Waals surface area contributed by atoms with Crippen molar-refractivity contribution < 1.29 is 9.13 Å². The van der Waals surface area contributed by atoms with Crippen molar-refractivity contribution in [1.29, 1.82) is 0 Å². The van der Waals surface area contributed by atoms with Gasteiger partial charge in [-0.15, -0.1) is 0 Å². The predicted molar refractivity (Wildman–Crippen MR) is 57.2 cm³/mol. The molecule has 1 aliphatic heterocycles. The van der Waals surface area contributed by atoms with E-state index >= 15 is 0 Å². The summed E-state index contributed by atoms with van der Waals surface area (Å²) in [4.78, 5) is 0. The van der Waals surface area contributed by atoms with Gasteiger partial charge in [0.05, 0.1) is 6.61 Å². The molecule has 2 nitrogen and oxygen atoms in total. The fourth-order valence-electron chi connectivity index (χ4n) is 1.89. The van der Waals surface area contributed by atoms with Gasteiger partial charge in [0.25, 0.3) is 0 Å². The van der Waals surface area contributed by atoms with Crippen LogP contribution in [0.3, 0.4) is 0 Å². The van der Waals surface area contributed by atoms with E-state index in [-0.39, 0.29) is 11.9 Å². The average molecular weight is 209 g/mol. The first-order chi connectivity index (χ1) is 7.25. The highest BCUT2D eigenvalue weighted by Crippen LogP contribution is 2.16. The maximum Gasteiger partial charge on any atom is 0.123 e. The van der Waals surface area contributed by atoms with Crippen molar-refractivity contribution in [2.45, 2.75) is 25.4 Å². The first-order valence-electron chi connectivity index (χ1n) is 5.35. The van der Waals surface area contributed by atoms with E-state index < -0.39 is 0 Å². The molecule has 82 valence electrons. The number of hydrogen-bond donors (Lipinski definition) is 1. The van der Waals surface area contributed by atoms with Gasteiger partial charge in [-0.1, -0.05) is 12.1 Å². The van der Waals surface area contributed by atoms with E-state index in [2.05, 4.69) is 5.32 Å². The van der Waals surface area contributed by atoms with Crippen LogP contribution < -0.4 is 5.32 Å². The first kappa shape index (κ1) is 10.6. The number of nitrogens with one attached hydrogen (secondary N) is 1. The van der Waals surface area contributed by atoms with Crippen LogP contribution in [0.1, 0.15) is 24.9 Å². The molecule has 1 heterocycles. The summed E-state index contributed by atoms with van der Waals surface area (Å²) in [5, 5.41) is 3.43. The number of rotatable bonds is 3. The molecule has 1 aromatic rings. The van der Waals surface area contributed by atoms with E-state index in [1.807, 2.05) is 13.0 Å². The summed E-state index contributed by atoms with van der Waals surface area (Å²) in [6.07, 6.45) is 1.04. The van der Waals surface area contributed by atoms with Crippen LogP contribution in [0.25, 0.3) is 0 Å². The van der Waals surface area contributed by atoms with E-state index in [4.69, 9.17) is 4.74 Å². The van der Waals surface area contributed by atoms with Crippen LogP contribution in [0.4, 0.5) is 4.39 Å². The van der Waals surface area contributed by atoms with Crippen LogP contribution in [0.5, 0.6) is 0 Å². The van der Waals surface area contributed by atoms with Crippen molar-refractivity contribution in [3.63, 3.8) is 0 Å². The Bertz CT molecular complexity index is 323. The normalized spacial score (nSPS) is 22.9.